The van der Waals surface area contributed by atoms with E-state index >= 15 is 0 Å². The molecule has 2 rings (SSSR count). The Labute approximate surface area is 134 Å². The molecule has 124 valence electrons. The first-order chi connectivity index (χ1) is 10.9. The van der Waals surface area contributed by atoms with Crippen molar-refractivity contribution in [1.82, 2.24) is 10.2 Å². The van der Waals surface area contributed by atoms with Crippen LogP contribution in [-0.2, 0) is 9.59 Å². The van der Waals surface area contributed by atoms with Crippen molar-refractivity contribution in [3.05, 3.63) is 29.3 Å². The Morgan fingerprint density at radius 1 is 1.26 bits per heavy atom. The van der Waals surface area contributed by atoms with Crippen LogP contribution in [0.1, 0.15) is 24.0 Å². The van der Waals surface area contributed by atoms with Crippen molar-refractivity contribution in [3.63, 3.8) is 0 Å². The molecule has 1 atom stereocenters. The molecule has 1 fully saturated rings. The number of aryl methyl sites for hydroxylation is 2. The lowest BCUT2D eigenvalue weighted by Gasteiger charge is -2.20. The van der Waals surface area contributed by atoms with E-state index < -0.39 is 23.9 Å². The number of amides is 3. The van der Waals surface area contributed by atoms with Crippen LogP contribution < -0.4 is 10.6 Å². The second-order valence-electron chi connectivity index (χ2n) is 5.77. The van der Waals surface area contributed by atoms with Gasteiger partial charge in [0.05, 0.1) is 6.54 Å². The maximum atomic E-state index is 11.9. The summed E-state index contributed by atoms with van der Waals surface area (Å²) in [6, 6.07) is 4.19. The van der Waals surface area contributed by atoms with Gasteiger partial charge in [0.25, 0.3) is 0 Å². The van der Waals surface area contributed by atoms with Gasteiger partial charge >= 0.3 is 12.0 Å². The molecule has 1 aromatic carbocycles. The highest BCUT2D eigenvalue weighted by Crippen LogP contribution is 2.17. The molecule has 0 aromatic heterocycles. The molecule has 1 aromatic rings. The summed E-state index contributed by atoms with van der Waals surface area (Å²) in [5, 5.41) is 13.9. The summed E-state index contributed by atoms with van der Waals surface area (Å²) in [7, 11) is 0. The van der Waals surface area contributed by atoms with Crippen LogP contribution in [0.2, 0.25) is 0 Å². The standard InChI is InChI=1S/C16H21N3O4/c1-10-5-6-12(8-11(10)2)17-16(23)18-14(20)9-19-7-3-4-13(19)15(21)22/h5-6,8,13H,3-4,7,9H2,1-2H3,(H,21,22)(H2,17,18,20,23). The van der Waals surface area contributed by atoms with Gasteiger partial charge in [0, 0.05) is 5.69 Å². The zero-order valence-electron chi connectivity index (χ0n) is 13.3. The Morgan fingerprint density at radius 3 is 2.65 bits per heavy atom. The molecule has 7 nitrogen and oxygen atoms in total. The van der Waals surface area contributed by atoms with Crippen LogP contribution >= 0.6 is 0 Å². The van der Waals surface area contributed by atoms with Gasteiger partial charge in [-0.15, -0.1) is 0 Å². The largest absolute Gasteiger partial charge is 0.480 e. The summed E-state index contributed by atoms with van der Waals surface area (Å²) in [6.45, 7) is 4.35. The summed E-state index contributed by atoms with van der Waals surface area (Å²) in [6.07, 6.45) is 1.26. The number of imide groups is 1. The van der Waals surface area contributed by atoms with E-state index in [1.165, 1.54) is 0 Å². The van der Waals surface area contributed by atoms with Crippen LogP contribution in [0, 0.1) is 13.8 Å². The number of likely N-dealkylation sites (tertiary alicyclic amines) is 1. The molecule has 7 heteroatoms. The van der Waals surface area contributed by atoms with Gasteiger partial charge in [0.15, 0.2) is 0 Å². The number of carboxylic acids is 1. The van der Waals surface area contributed by atoms with Crippen molar-refractivity contribution in [3.8, 4) is 0 Å². The molecule has 3 N–H and O–H groups in total. The number of anilines is 1. The van der Waals surface area contributed by atoms with E-state index in [9.17, 15) is 14.4 Å². The quantitative estimate of drug-likeness (QED) is 0.781. The number of carboxylic acid groups (broad SMARTS) is 1. The fourth-order valence-electron chi connectivity index (χ4n) is 2.63. The van der Waals surface area contributed by atoms with Gasteiger partial charge in [-0.05, 0) is 56.5 Å². The van der Waals surface area contributed by atoms with E-state index in [1.54, 1.807) is 11.0 Å². The van der Waals surface area contributed by atoms with Gasteiger partial charge in [-0.2, -0.15) is 0 Å². The number of hydrogen-bond donors (Lipinski definition) is 3. The molecule has 1 unspecified atom stereocenters. The first-order valence-corrected chi connectivity index (χ1v) is 7.52. The average molecular weight is 319 g/mol. The van der Waals surface area contributed by atoms with Gasteiger partial charge in [-0.3, -0.25) is 19.8 Å². The SMILES string of the molecule is Cc1ccc(NC(=O)NC(=O)CN2CCCC2C(=O)O)cc1C. The van der Waals surface area contributed by atoms with Gasteiger partial charge in [0.1, 0.15) is 6.04 Å². The molecule has 0 radical (unpaired) electrons. The molecule has 1 aliphatic heterocycles. The number of carbonyl (C=O) groups excluding carboxylic acids is 2. The second-order valence-corrected chi connectivity index (χ2v) is 5.77. The third-order valence-corrected chi connectivity index (χ3v) is 4.01. The highest BCUT2D eigenvalue weighted by molar-refractivity contribution is 6.01. The summed E-state index contributed by atoms with van der Waals surface area (Å²) in [4.78, 5) is 36.3. The molecule has 0 aliphatic carbocycles. The van der Waals surface area contributed by atoms with Crippen LogP contribution in [0.4, 0.5) is 10.5 Å². The van der Waals surface area contributed by atoms with Crippen LogP contribution in [0.15, 0.2) is 18.2 Å². The number of nitrogens with one attached hydrogen (secondary N) is 2. The summed E-state index contributed by atoms with van der Waals surface area (Å²) in [5.41, 5.74) is 2.75. The fraction of sp³-hybridized carbons (Fsp3) is 0.438. The molecule has 1 saturated heterocycles. The van der Waals surface area contributed by atoms with Gasteiger partial charge in [0.2, 0.25) is 5.91 Å². The van der Waals surface area contributed by atoms with Crippen molar-refractivity contribution < 1.29 is 19.5 Å². The Hall–Kier alpha value is -2.41. The van der Waals surface area contributed by atoms with Crippen molar-refractivity contribution >= 4 is 23.6 Å². The number of aliphatic carboxylic acids is 1. The average Bonchev–Trinajstić information content (AvgIpc) is 2.90. The Kier molecular flexibility index (Phi) is 5.33. The van der Waals surface area contributed by atoms with E-state index in [0.717, 1.165) is 17.5 Å². The maximum absolute atomic E-state index is 11.9. The Balaban J connectivity index is 1.86. The molecule has 23 heavy (non-hydrogen) atoms. The van der Waals surface area contributed by atoms with Crippen LogP contribution in [0.3, 0.4) is 0 Å². The lowest BCUT2D eigenvalue weighted by Crippen LogP contribution is -2.45. The zero-order chi connectivity index (χ0) is 17.0. The topological polar surface area (TPSA) is 98.7 Å². The minimum absolute atomic E-state index is 0.0999. The molecular formula is C16H21N3O4. The van der Waals surface area contributed by atoms with Crippen molar-refractivity contribution in [2.45, 2.75) is 32.7 Å². The lowest BCUT2D eigenvalue weighted by molar-refractivity contribution is -0.142. The number of hydrogen-bond acceptors (Lipinski definition) is 4. The number of urea groups is 1. The van der Waals surface area contributed by atoms with E-state index in [0.29, 0.717) is 18.7 Å². The van der Waals surface area contributed by atoms with Gasteiger partial charge in [-0.25, -0.2) is 4.79 Å². The first-order valence-electron chi connectivity index (χ1n) is 7.52. The number of nitrogens with zero attached hydrogens (tertiary/aromatic N) is 1. The second kappa shape index (κ2) is 7.23. The van der Waals surface area contributed by atoms with Crippen molar-refractivity contribution in [1.29, 1.82) is 0 Å². The Bertz CT molecular complexity index is 630. The third-order valence-electron chi connectivity index (χ3n) is 4.01. The molecule has 0 bridgehead atoms. The van der Waals surface area contributed by atoms with Crippen molar-refractivity contribution in [2.24, 2.45) is 0 Å². The van der Waals surface area contributed by atoms with Crippen molar-refractivity contribution in [2.75, 3.05) is 18.4 Å². The minimum Gasteiger partial charge on any atom is -0.480 e. The molecular weight excluding hydrogens is 298 g/mol. The number of carbonyl (C=O) groups is 3. The lowest BCUT2D eigenvalue weighted by atomic mass is 10.1. The van der Waals surface area contributed by atoms with Crippen LogP contribution in [-0.4, -0.2) is 47.0 Å². The molecule has 0 saturated carbocycles. The van der Waals surface area contributed by atoms with Crippen LogP contribution in [0.25, 0.3) is 0 Å². The van der Waals surface area contributed by atoms with E-state index in [4.69, 9.17) is 5.11 Å². The van der Waals surface area contributed by atoms with E-state index in [-0.39, 0.29) is 6.54 Å². The maximum Gasteiger partial charge on any atom is 0.325 e. The fourth-order valence-corrected chi connectivity index (χ4v) is 2.63. The van der Waals surface area contributed by atoms with Crippen LogP contribution in [0.5, 0.6) is 0 Å². The monoisotopic (exact) mass is 319 g/mol. The molecule has 0 spiro atoms. The molecule has 1 aliphatic rings. The molecule has 3 amide bonds. The number of rotatable bonds is 4. The zero-order valence-corrected chi connectivity index (χ0v) is 13.3. The van der Waals surface area contributed by atoms with Gasteiger partial charge in [-0.1, -0.05) is 6.07 Å². The first kappa shape index (κ1) is 17.0. The summed E-state index contributed by atoms with van der Waals surface area (Å²) in [5.74, 6) is -1.45. The van der Waals surface area contributed by atoms with E-state index in [2.05, 4.69) is 10.6 Å². The Morgan fingerprint density at radius 2 is 2.00 bits per heavy atom. The highest BCUT2D eigenvalue weighted by Gasteiger charge is 2.31. The minimum atomic E-state index is -0.935. The molecule has 1 heterocycles. The highest BCUT2D eigenvalue weighted by atomic mass is 16.4. The predicted octanol–water partition coefficient (Wildman–Crippen LogP) is 1.50. The van der Waals surface area contributed by atoms with E-state index in [1.807, 2.05) is 26.0 Å². The summed E-state index contributed by atoms with van der Waals surface area (Å²) < 4.78 is 0. The normalized spacial score (nSPS) is 17.7. The smallest absolute Gasteiger partial charge is 0.325 e. The number of benzene rings is 1. The van der Waals surface area contributed by atoms with Gasteiger partial charge < -0.3 is 10.4 Å². The third kappa shape index (κ3) is 4.53. The predicted molar refractivity (Wildman–Crippen MR) is 85.3 cm³/mol. The summed E-state index contributed by atoms with van der Waals surface area (Å²) >= 11 is 0.